The molecular weight excluding hydrogens is 238 g/mol. The molecule has 2 rings (SSSR count). The second-order valence-corrected chi connectivity index (χ2v) is 6.19. The van der Waals surface area contributed by atoms with Crippen LogP contribution in [-0.2, 0) is 13.6 Å². The highest BCUT2D eigenvalue weighted by molar-refractivity contribution is 5.30. The van der Waals surface area contributed by atoms with Gasteiger partial charge in [0.05, 0.1) is 18.4 Å². The molecule has 1 aliphatic carbocycles. The van der Waals surface area contributed by atoms with E-state index in [1.54, 1.807) is 7.11 Å². The molecule has 0 bridgehead atoms. The Kier molecular flexibility index (Phi) is 4.50. The van der Waals surface area contributed by atoms with Gasteiger partial charge in [0.2, 0.25) is 5.88 Å². The fourth-order valence-electron chi connectivity index (χ4n) is 3.50. The lowest BCUT2D eigenvalue weighted by atomic mass is 9.80. The number of hydrogen-bond acceptors (Lipinski definition) is 3. The van der Waals surface area contributed by atoms with Crippen molar-refractivity contribution in [3.8, 4) is 5.88 Å². The molecule has 4 heteroatoms. The van der Waals surface area contributed by atoms with E-state index in [0.717, 1.165) is 30.0 Å². The Balaban J connectivity index is 1.98. The summed E-state index contributed by atoms with van der Waals surface area (Å²) in [6.07, 6.45) is 3.94. The molecule has 0 aliphatic heterocycles. The highest BCUT2D eigenvalue weighted by Gasteiger charge is 2.24. The largest absolute Gasteiger partial charge is 0.481 e. The van der Waals surface area contributed by atoms with E-state index in [2.05, 4.69) is 24.3 Å². The lowest BCUT2D eigenvalue weighted by Crippen LogP contribution is -2.36. The maximum absolute atomic E-state index is 5.44. The molecule has 1 fully saturated rings. The van der Waals surface area contributed by atoms with Gasteiger partial charge in [-0.05, 0) is 38.0 Å². The van der Waals surface area contributed by atoms with Gasteiger partial charge in [-0.1, -0.05) is 13.8 Å². The Morgan fingerprint density at radius 2 is 1.89 bits per heavy atom. The third kappa shape index (κ3) is 3.30. The summed E-state index contributed by atoms with van der Waals surface area (Å²) in [5.41, 5.74) is 2.25. The van der Waals surface area contributed by atoms with E-state index in [1.807, 2.05) is 18.7 Å². The number of hydrogen-bond donors (Lipinski definition) is 1. The second kappa shape index (κ2) is 5.95. The summed E-state index contributed by atoms with van der Waals surface area (Å²) in [7, 11) is 3.64. The van der Waals surface area contributed by atoms with Gasteiger partial charge in [-0.2, -0.15) is 5.10 Å². The van der Waals surface area contributed by atoms with Gasteiger partial charge < -0.3 is 10.1 Å². The Morgan fingerprint density at radius 3 is 2.47 bits per heavy atom. The number of nitrogens with one attached hydrogen (secondary N) is 1. The summed E-state index contributed by atoms with van der Waals surface area (Å²) in [5, 5.41) is 8.12. The van der Waals surface area contributed by atoms with Crippen molar-refractivity contribution in [1.29, 1.82) is 0 Å². The molecule has 1 aromatic rings. The van der Waals surface area contributed by atoms with E-state index < -0.39 is 0 Å². The third-order valence-corrected chi connectivity index (χ3v) is 4.23. The van der Waals surface area contributed by atoms with Crippen LogP contribution in [0, 0.1) is 18.8 Å². The summed E-state index contributed by atoms with van der Waals surface area (Å²) in [6, 6.07) is 0.628. The first kappa shape index (κ1) is 14.4. The minimum Gasteiger partial charge on any atom is -0.481 e. The normalized spacial score (nSPS) is 27.5. The van der Waals surface area contributed by atoms with Gasteiger partial charge in [0.1, 0.15) is 0 Å². The zero-order valence-corrected chi connectivity index (χ0v) is 12.9. The SMILES string of the molecule is COc1c(CNC2CC(C)CC(C)C2)c(C)nn1C. The van der Waals surface area contributed by atoms with Crippen LogP contribution in [0.15, 0.2) is 0 Å². The minimum absolute atomic E-state index is 0.628. The van der Waals surface area contributed by atoms with Crippen molar-refractivity contribution in [2.75, 3.05) is 7.11 Å². The van der Waals surface area contributed by atoms with Crippen LogP contribution in [0.2, 0.25) is 0 Å². The highest BCUT2D eigenvalue weighted by Crippen LogP contribution is 2.29. The second-order valence-electron chi connectivity index (χ2n) is 6.19. The summed E-state index contributed by atoms with van der Waals surface area (Å²) >= 11 is 0. The van der Waals surface area contributed by atoms with E-state index in [-0.39, 0.29) is 0 Å². The van der Waals surface area contributed by atoms with Crippen molar-refractivity contribution in [2.24, 2.45) is 18.9 Å². The van der Waals surface area contributed by atoms with E-state index in [9.17, 15) is 0 Å². The van der Waals surface area contributed by atoms with E-state index >= 15 is 0 Å². The first-order valence-electron chi connectivity index (χ1n) is 7.31. The van der Waals surface area contributed by atoms with Crippen molar-refractivity contribution in [3.05, 3.63) is 11.3 Å². The number of ether oxygens (including phenoxy) is 1. The van der Waals surface area contributed by atoms with Gasteiger partial charge in [0.15, 0.2) is 0 Å². The van der Waals surface area contributed by atoms with Gasteiger partial charge in [-0.3, -0.25) is 0 Å². The summed E-state index contributed by atoms with van der Waals surface area (Å²) in [6.45, 7) is 7.62. The Morgan fingerprint density at radius 1 is 1.26 bits per heavy atom. The fraction of sp³-hybridized carbons (Fsp3) is 0.800. The first-order chi connectivity index (χ1) is 9.01. The summed E-state index contributed by atoms with van der Waals surface area (Å²) in [5.74, 6) is 2.54. The van der Waals surface area contributed by atoms with Crippen molar-refractivity contribution < 1.29 is 4.74 Å². The van der Waals surface area contributed by atoms with Crippen molar-refractivity contribution in [2.45, 2.75) is 52.6 Å². The Hall–Kier alpha value is -1.03. The van der Waals surface area contributed by atoms with E-state index in [1.165, 1.54) is 24.8 Å². The topological polar surface area (TPSA) is 39.1 Å². The maximum Gasteiger partial charge on any atom is 0.216 e. The molecule has 0 saturated heterocycles. The molecule has 4 nitrogen and oxygen atoms in total. The van der Waals surface area contributed by atoms with E-state index in [0.29, 0.717) is 6.04 Å². The quantitative estimate of drug-likeness (QED) is 0.909. The molecular formula is C15H27N3O. The van der Waals surface area contributed by atoms with Gasteiger partial charge in [-0.15, -0.1) is 0 Å². The molecule has 1 saturated carbocycles. The lowest BCUT2D eigenvalue weighted by molar-refractivity contribution is 0.237. The lowest BCUT2D eigenvalue weighted by Gasteiger charge is -2.32. The average Bonchev–Trinajstić information content (AvgIpc) is 2.59. The Labute approximate surface area is 116 Å². The van der Waals surface area contributed by atoms with Crippen LogP contribution in [0.5, 0.6) is 5.88 Å². The van der Waals surface area contributed by atoms with Crippen LogP contribution in [0.3, 0.4) is 0 Å². The molecule has 1 aromatic heterocycles. The van der Waals surface area contributed by atoms with Crippen LogP contribution in [0.4, 0.5) is 0 Å². The molecule has 0 spiro atoms. The highest BCUT2D eigenvalue weighted by atomic mass is 16.5. The molecule has 1 aliphatic rings. The zero-order chi connectivity index (χ0) is 14.0. The molecule has 1 N–H and O–H groups in total. The minimum atomic E-state index is 0.628. The first-order valence-corrected chi connectivity index (χ1v) is 7.31. The predicted octanol–water partition coefficient (Wildman–Crippen LogP) is 2.65. The van der Waals surface area contributed by atoms with Gasteiger partial charge in [0, 0.05) is 19.6 Å². The molecule has 0 aromatic carbocycles. The predicted molar refractivity (Wildman–Crippen MR) is 77.3 cm³/mol. The van der Waals surface area contributed by atoms with Gasteiger partial charge in [0.25, 0.3) is 0 Å². The van der Waals surface area contributed by atoms with E-state index in [4.69, 9.17) is 4.74 Å². The molecule has 108 valence electrons. The Bertz CT molecular complexity index is 417. The number of aryl methyl sites for hydroxylation is 2. The van der Waals surface area contributed by atoms with Gasteiger partial charge >= 0.3 is 0 Å². The molecule has 2 atom stereocenters. The summed E-state index contributed by atoms with van der Waals surface area (Å²) in [4.78, 5) is 0. The molecule has 19 heavy (non-hydrogen) atoms. The number of rotatable bonds is 4. The molecule has 1 heterocycles. The monoisotopic (exact) mass is 265 g/mol. The average molecular weight is 265 g/mol. The summed E-state index contributed by atoms with van der Waals surface area (Å²) < 4.78 is 7.26. The van der Waals surface area contributed by atoms with Crippen molar-refractivity contribution in [3.63, 3.8) is 0 Å². The fourth-order valence-corrected chi connectivity index (χ4v) is 3.50. The van der Waals surface area contributed by atoms with Gasteiger partial charge in [-0.25, -0.2) is 4.68 Å². The van der Waals surface area contributed by atoms with Crippen LogP contribution in [0.1, 0.15) is 44.4 Å². The van der Waals surface area contributed by atoms with Crippen LogP contribution < -0.4 is 10.1 Å². The van der Waals surface area contributed by atoms with Crippen LogP contribution in [-0.4, -0.2) is 22.9 Å². The van der Waals surface area contributed by atoms with Crippen molar-refractivity contribution in [1.82, 2.24) is 15.1 Å². The van der Waals surface area contributed by atoms with Crippen LogP contribution in [0.25, 0.3) is 0 Å². The number of methoxy groups -OCH3 is 1. The standard InChI is InChI=1S/C15H27N3O/c1-10-6-11(2)8-13(7-10)16-9-14-12(3)17-18(4)15(14)19-5/h10-11,13,16H,6-9H2,1-5H3. The van der Waals surface area contributed by atoms with Crippen molar-refractivity contribution >= 4 is 0 Å². The zero-order valence-electron chi connectivity index (χ0n) is 12.9. The molecule has 0 radical (unpaired) electrons. The number of aromatic nitrogens is 2. The third-order valence-electron chi connectivity index (χ3n) is 4.23. The maximum atomic E-state index is 5.44. The van der Waals surface area contributed by atoms with Crippen LogP contribution >= 0.6 is 0 Å². The number of nitrogens with zero attached hydrogens (tertiary/aromatic N) is 2. The molecule has 0 amide bonds. The molecule has 2 unspecified atom stereocenters. The smallest absolute Gasteiger partial charge is 0.216 e.